The lowest BCUT2D eigenvalue weighted by molar-refractivity contribution is 0.312. The second kappa shape index (κ2) is 7.45. The van der Waals surface area contributed by atoms with Crippen molar-refractivity contribution < 1.29 is 0 Å². The second-order valence-corrected chi connectivity index (χ2v) is 7.22. The standard InChI is InChI=1S/C20H26ClN3/c1-23(2)20(15-6-8-17(21)9-7-15)14-22-18-10-11-19-16(13-18)5-4-12-24(19)3/h6-11,13,20,22H,4-5,12,14H2,1-3H3. The van der Waals surface area contributed by atoms with E-state index in [2.05, 4.69) is 66.6 Å². The van der Waals surface area contributed by atoms with E-state index in [1.165, 1.54) is 35.3 Å². The monoisotopic (exact) mass is 343 g/mol. The van der Waals surface area contributed by atoms with Crippen LogP contribution >= 0.6 is 11.6 Å². The average molecular weight is 344 g/mol. The summed E-state index contributed by atoms with van der Waals surface area (Å²) in [4.78, 5) is 4.58. The predicted molar refractivity (Wildman–Crippen MR) is 104 cm³/mol. The summed E-state index contributed by atoms with van der Waals surface area (Å²) < 4.78 is 0. The largest absolute Gasteiger partial charge is 0.383 e. The maximum absolute atomic E-state index is 6.01. The first-order valence-electron chi connectivity index (χ1n) is 8.54. The van der Waals surface area contributed by atoms with Gasteiger partial charge in [0.05, 0.1) is 6.04 Å². The third-order valence-electron chi connectivity index (χ3n) is 4.81. The van der Waals surface area contributed by atoms with Crippen LogP contribution in [0.1, 0.15) is 23.6 Å². The third-order valence-corrected chi connectivity index (χ3v) is 5.06. The molecule has 0 spiro atoms. The second-order valence-electron chi connectivity index (χ2n) is 6.78. The number of hydrogen-bond donors (Lipinski definition) is 1. The lowest BCUT2D eigenvalue weighted by Gasteiger charge is -2.29. The molecule has 1 unspecified atom stereocenters. The smallest absolute Gasteiger partial charge is 0.0515 e. The summed E-state index contributed by atoms with van der Waals surface area (Å²) in [6.07, 6.45) is 2.40. The highest BCUT2D eigenvalue weighted by Crippen LogP contribution is 2.29. The minimum atomic E-state index is 0.306. The first kappa shape index (κ1) is 17.1. The van der Waals surface area contributed by atoms with Gasteiger partial charge in [-0.1, -0.05) is 23.7 Å². The number of fused-ring (bicyclic) bond motifs is 1. The quantitative estimate of drug-likeness (QED) is 0.866. The van der Waals surface area contributed by atoms with E-state index >= 15 is 0 Å². The Morgan fingerprint density at radius 2 is 1.92 bits per heavy atom. The zero-order valence-electron chi connectivity index (χ0n) is 14.7. The predicted octanol–water partition coefficient (Wildman–Crippen LogP) is 4.44. The molecular formula is C20H26ClN3. The van der Waals surface area contributed by atoms with E-state index in [-0.39, 0.29) is 0 Å². The molecule has 3 rings (SSSR count). The minimum absolute atomic E-state index is 0.306. The van der Waals surface area contributed by atoms with Gasteiger partial charge < -0.3 is 15.1 Å². The molecule has 0 saturated carbocycles. The molecule has 1 N–H and O–H groups in total. The molecule has 128 valence electrons. The van der Waals surface area contributed by atoms with Crippen molar-refractivity contribution in [1.29, 1.82) is 0 Å². The topological polar surface area (TPSA) is 18.5 Å². The minimum Gasteiger partial charge on any atom is -0.383 e. The number of nitrogens with zero attached hydrogens (tertiary/aromatic N) is 2. The molecule has 4 heteroatoms. The van der Waals surface area contributed by atoms with Gasteiger partial charge in [0.1, 0.15) is 0 Å². The highest BCUT2D eigenvalue weighted by Gasteiger charge is 2.16. The fourth-order valence-electron chi connectivity index (χ4n) is 3.39. The summed E-state index contributed by atoms with van der Waals surface area (Å²) in [5.41, 5.74) is 5.29. The number of anilines is 2. The molecule has 24 heavy (non-hydrogen) atoms. The molecule has 1 aliphatic rings. The van der Waals surface area contributed by atoms with Crippen LogP contribution in [0.4, 0.5) is 11.4 Å². The third kappa shape index (κ3) is 3.85. The summed E-state index contributed by atoms with van der Waals surface area (Å²) in [5, 5.41) is 4.39. The molecule has 0 saturated heterocycles. The normalized spacial score (nSPS) is 15.3. The Bertz CT molecular complexity index is 682. The molecular weight excluding hydrogens is 318 g/mol. The van der Waals surface area contributed by atoms with Crippen molar-refractivity contribution in [3.8, 4) is 0 Å². The van der Waals surface area contributed by atoms with Crippen LogP contribution in [-0.2, 0) is 6.42 Å². The maximum Gasteiger partial charge on any atom is 0.0515 e. The highest BCUT2D eigenvalue weighted by atomic mass is 35.5. The van der Waals surface area contributed by atoms with E-state index in [1.54, 1.807) is 0 Å². The fourth-order valence-corrected chi connectivity index (χ4v) is 3.52. The number of likely N-dealkylation sites (N-methyl/N-ethyl adjacent to an activating group) is 1. The van der Waals surface area contributed by atoms with Crippen LogP contribution in [0.5, 0.6) is 0 Å². The van der Waals surface area contributed by atoms with Gasteiger partial charge in [-0.2, -0.15) is 0 Å². The Morgan fingerprint density at radius 3 is 2.62 bits per heavy atom. The molecule has 2 aromatic rings. The Kier molecular flexibility index (Phi) is 5.32. The summed E-state index contributed by atoms with van der Waals surface area (Å²) >= 11 is 6.01. The van der Waals surface area contributed by atoms with Crippen molar-refractivity contribution in [1.82, 2.24) is 4.90 Å². The first-order chi connectivity index (χ1) is 11.5. The zero-order chi connectivity index (χ0) is 17.1. The van der Waals surface area contributed by atoms with Gasteiger partial charge in [-0.05, 0) is 68.4 Å². The van der Waals surface area contributed by atoms with Gasteiger partial charge in [0.2, 0.25) is 0 Å². The molecule has 0 amide bonds. The van der Waals surface area contributed by atoms with Crippen LogP contribution < -0.4 is 10.2 Å². The Labute approximate surface area is 150 Å². The Balaban J connectivity index is 1.72. The van der Waals surface area contributed by atoms with E-state index in [4.69, 9.17) is 11.6 Å². The fraction of sp³-hybridized carbons (Fsp3) is 0.400. The molecule has 2 aromatic carbocycles. The average Bonchev–Trinajstić information content (AvgIpc) is 2.56. The summed E-state index contributed by atoms with van der Waals surface area (Å²) in [7, 11) is 6.40. The molecule has 0 radical (unpaired) electrons. The molecule has 0 aliphatic carbocycles. The zero-order valence-corrected chi connectivity index (χ0v) is 15.5. The van der Waals surface area contributed by atoms with Gasteiger partial charge in [0.25, 0.3) is 0 Å². The summed E-state index contributed by atoms with van der Waals surface area (Å²) in [6.45, 7) is 2.02. The Hall–Kier alpha value is -1.71. The van der Waals surface area contributed by atoms with Crippen molar-refractivity contribution in [2.24, 2.45) is 0 Å². The maximum atomic E-state index is 6.01. The first-order valence-corrected chi connectivity index (χ1v) is 8.92. The molecule has 3 nitrogen and oxygen atoms in total. The van der Waals surface area contributed by atoms with Crippen molar-refractivity contribution >= 4 is 23.0 Å². The lowest BCUT2D eigenvalue weighted by atomic mass is 10.0. The van der Waals surface area contributed by atoms with E-state index in [9.17, 15) is 0 Å². The number of aryl methyl sites for hydroxylation is 1. The number of nitrogens with one attached hydrogen (secondary N) is 1. The SMILES string of the molecule is CN1CCCc2cc(NCC(c3ccc(Cl)cc3)N(C)C)ccc21. The molecule has 1 heterocycles. The Morgan fingerprint density at radius 1 is 1.17 bits per heavy atom. The van der Waals surface area contributed by atoms with Crippen LogP contribution in [0, 0.1) is 0 Å². The molecule has 0 aromatic heterocycles. The summed E-state index contributed by atoms with van der Waals surface area (Å²) in [5.74, 6) is 0. The molecule has 0 fully saturated rings. The van der Waals surface area contributed by atoms with E-state index < -0.39 is 0 Å². The number of hydrogen-bond acceptors (Lipinski definition) is 3. The van der Waals surface area contributed by atoms with Gasteiger partial charge in [-0.25, -0.2) is 0 Å². The van der Waals surface area contributed by atoms with Crippen molar-refractivity contribution in [3.05, 3.63) is 58.6 Å². The van der Waals surface area contributed by atoms with Crippen LogP contribution in [-0.4, -0.2) is 39.1 Å². The molecule has 0 bridgehead atoms. The van der Waals surface area contributed by atoms with Gasteiger partial charge in [0.15, 0.2) is 0 Å². The van der Waals surface area contributed by atoms with Gasteiger partial charge in [0, 0.05) is 36.5 Å². The van der Waals surface area contributed by atoms with E-state index in [0.29, 0.717) is 6.04 Å². The van der Waals surface area contributed by atoms with Gasteiger partial charge in [-0.15, -0.1) is 0 Å². The summed E-state index contributed by atoms with van der Waals surface area (Å²) in [6, 6.07) is 15.2. The van der Waals surface area contributed by atoms with E-state index in [0.717, 1.165) is 18.1 Å². The number of rotatable bonds is 5. The van der Waals surface area contributed by atoms with E-state index in [1.807, 2.05) is 12.1 Å². The van der Waals surface area contributed by atoms with Gasteiger partial charge in [-0.3, -0.25) is 0 Å². The van der Waals surface area contributed by atoms with Crippen LogP contribution in [0.2, 0.25) is 5.02 Å². The molecule has 1 atom stereocenters. The van der Waals surface area contributed by atoms with Crippen LogP contribution in [0.3, 0.4) is 0 Å². The van der Waals surface area contributed by atoms with Crippen molar-refractivity contribution in [2.45, 2.75) is 18.9 Å². The number of halogens is 1. The number of benzene rings is 2. The van der Waals surface area contributed by atoms with Crippen molar-refractivity contribution in [3.63, 3.8) is 0 Å². The lowest BCUT2D eigenvalue weighted by Crippen LogP contribution is -2.27. The molecule has 1 aliphatic heterocycles. The highest BCUT2D eigenvalue weighted by molar-refractivity contribution is 6.30. The van der Waals surface area contributed by atoms with Crippen LogP contribution in [0.25, 0.3) is 0 Å². The van der Waals surface area contributed by atoms with Crippen LogP contribution in [0.15, 0.2) is 42.5 Å². The van der Waals surface area contributed by atoms with Gasteiger partial charge >= 0.3 is 0 Å². The van der Waals surface area contributed by atoms with Crippen molar-refractivity contribution in [2.75, 3.05) is 44.4 Å².